The van der Waals surface area contributed by atoms with Crippen LogP contribution in [0.2, 0.25) is 5.15 Å². The molecule has 16 heavy (non-hydrogen) atoms. The number of anilines is 2. The molecule has 0 aliphatic rings. The maximum atomic E-state index is 11.1. The van der Waals surface area contributed by atoms with Crippen LogP contribution in [-0.4, -0.2) is 36.5 Å². The minimum absolute atomic E-state index is 0.0365. The molecule has 0 radical (unpaired) electrons. The van der Waals surface area contributed by atoms with Crippen LogP contribution in [-0.2, 0) is 4.79 Å². The van der Waals surface area contributed by atoms with Crippen LogP contribution >= 0.6 is 11.6 Å². The molecule has 0 aliphatic carbocycles. The van der Waals surface area contributed by atoms with Gasteiger partial charge in [0.05, 0.1) is 0 Å². The highest BCUT2D eigenvalue weighted by atomic mass is 35.5. The lowest BCUT2D eigenvalue weighted by molar-refractivity contribution is -0.120. The molecule has 1 aromatic rings. The smallest absolute Gasteiger partial charge is 0.221 e. The van der Waals surface area contributed by atoms with Crippen molar-refractivity contribution in [2.45, 2.75) is 6.42 Å². The van der Waals surface area contributed by atoms with Gasteiger partial charge < -0.3 is 16.0 Å². The summed E-state index contributed by atoms with van der Waals surface area (Å²) in [5.74, 6) is 0.495. The quantitative estimate of drug-likeness (QED) is 0.743. The fraction of sp³-hybridized carbons (Fsp3) is 0.444. The fourth-order valence-electron chi connectivity index (χ4n) is 1.17. The summed E-state index contributed by atoms with van der Waals surface area (Å²) >= 11 is 5.77. The SMILES string of the molecule is CNC(=O)CCN(C)c1ncnc(Cl)c1N. The van der Waals surface area contributed by atoms with Crippen LogP contribution in [0.15, 0.2) is 6.33 Å². The van der Waals surface area contributed by atoms with Gasteiger partial charge in [0.25, 0.3) is 0 Å². The Morgan fingerprint density at radius 2 is 2.31 bits per heavy atom. The number of carbonyl (C=O) groups is 1. The maximum absolute atomic E-state index is 11.1. The Bertz CT molecular complexity index is 384. The number of amides is 1. The lowest BCUT2D eigenvalue weighted by atomic mass is 10.3. The second kappa shape index (κ2) is 5.50. The summed E-state index contributed by atoms with van der Waals surface area (Å²) in [5, 5.41) is 2.76. The van der Waals surface area contributed by atoms with E-state index >= 15 is 0 Å². The summed E-state index contributed by atoms with van der Waals surface area (Å²) < 4.78 is 0. The molecule has 0 aromatic carbocycles. The first-order valence-electron chi connectivity index (χ1n) is 4.74. The van der Waals surface area contributed by atoms with Crippen LogP contribution in [0.1, 0.15) is 6.42 Å². The van der Waals surface area contributed by atoms with Gasteiger partial charge in [0.1, 0.15) is 12.0 Å². The first-order chi connectivity index (χ1) is 7.56. The zero-order valence-electron chi connectivity index (χ0n) is 9.20. The van der Waals surface area contributed by atoms with Gasteiger partial charge in [-0.2, -0.15) is 0 Å². The van der Waals surface area contributed by atoms with Crippen molar-refractivity contribution in [3.05, 3.63) is 11.5 Å². The Morgan fingerprint density at radius 1 is 1.62 bits per heavy atom. The Morgan fingerprint density at radius 3 is 2.94 bits per heavy atom. The monoisotopic (exact) mass is 243 g/mol. The molecule has 0 fully saturated rings. The maximum Gasteiger partial charge on any atom is 0.221 e. The van der Waals surface area contributed by atoms with Crippen LogP contribution in [0.3, 0.4) is 0 Å². The molecule has 1 amide bonds. The molecule has 1 rings (SSSR count). The van der Waals surface area contributed by atoms with Gasteiger partial charge in [-0.25, -0.2) is 9.97 Å². The molecule has 1 heterocycles. The molecule has 0 unspecified atom stereocenters. The van der Waals surface area contributed by atoms with Crippen LogP contribution in [0.4, 0.5) is 11.5 Å². The van der Waals surface area contributed by atoms with Gasteiger partial charge in [0, 0.05) is 27.1 Å². The van der Waals surface area contributed by atoms with Gasteiger partial charge in [0.15, 0.2) is 11.0 Å². The van der Waals surface area contributed by atoms with Crippen LogP contribution in [0.25, 0.3) is 0 Å². The highest BCUT2D eigenvalue weighted by molar-refractivity contribution is 6.32. The van der Waals surface area contributed by atoms with Crippen molar-refractivity contribution in [3.8, 4) is 0 Å². The van der Waals surface area contributed by atoms with Crippen molar-refractivity contribution in [2.75, 3.05) is 31.3 Å². The summed E-state index contributed by atoms with van der Waals surface area (Å²) in [6, 6.07) is 0. The minimum Gasteiger partial charge on any atom is -0.393 e. The second-order valence-electron chi connectivity index (χ2n) is 3.25. The number of nitrogen functional groups attached to an aromatic ring is 1. The topological polar surface area (TPSA) is 84.1 Å². The third-order valence-corrected chi connectivity index (χ3v) is 2.43. The van der Waals surface area contributed by atoms with Crippen molar-refractivity contribution < 1.29 is 4.79 Å². The Balaban J connectivity index is 2.69. The van der Waals surface area contributed by atoms with Crippen molar-refractivity contribution in [1.82, 2.24) is 15.3 Å². The van der Waals surface area contributed by atoms with Crippen LogP contribution in [0, 0.1) is 0 Å². The zero-order chi connectivity index (χ0) is 12.1. The molecular weight excluding hydrogens is 230 g/mol. The van der Waals surface area contributed by atoms with Gasteiger partial charge in [-0.05, 0) is 0 Å². The van der Waals surface area contributed by atoms with E-state index in [-0.39, 0.29) is 11.1 Å². The van der Waals surface area contributed by atoms with E-state index in [2.05, 4.69) is 15.3 Å². The highest BCUT2D eigenvalue weighted by Crippen LogP contribution is 2.24. The third kappa shape index (κ3) is 2.96. The number of hydrogen-bond donors (Lipinski definition) is 2. The Labute approximate surface area is 98.8 Å². The Kier molecular flexibility index (Phi) is 4.30. The molecule has 0 atom stereocenters. The van der Waals surface area contributed by atoms with Gasteiger partial charge >= 0.3 is 0 Å². The second-order valence-corrected chi connectivity index (χ2v) is 3.60. The highest BCUT2D eigenvalue weighted by Gasteiger charge is 2.11. The van der Waals surface area contributed by atoms with E-state index in [1.54, 1.807) is 19.0 Å². The van der Waals surface area contributed by atoms with Crippen molar-refractivity contribution >= 4 is 29.0 Å². The largest absolute Gasteiger partial charge is 0.393 e. The van der Waals surface area contributed by atoms with E-state index in [0.717, 1.165) is 0 Å². The molecule has 1 aromatic heterocycles. The van der Waals surface area contributed by atoms with E-state index in [1.165, 1.54) is 6.33 Å². The first-order valence-corrected chi connectivity index (χ1v) is 5.11. The molecule has 0 aliphatic heterocycles. The average molecular weight is 244 g/mol. The number of aromatic nitrogens is 2. The number of rotatable bonds is 4. The van der Waals surface area contributed by atoms with E-state index < -0.39 is 0 Å². The normalized spacial score (nSPS) is 9.94. The number of halogens is 1. The Hall–Kier alpha value is -1.56. The summed E-state index contributed by atoms with van der Waals surface area (Å²) in [4.78, 5) is 20.6. The predicted molar refractivity (Wildman–Crippen MR) is 63.4 cm³/mol. The minimum atomic E-state index is -0.0365. The third-order valence-electron chi connectivity index (χ3n) is 2.13. The molecule has 0 spiro atoms. The van der Waals surface area contributed by atoms with E-state index in [0.29, 0.717) is 24.5 Å². The van der Waals surface area contributed by atoms with E-state index in [1.807, 2.05) is 0 Å². The molecule has 0 saturated carbocycles. The first kappa shape index (κ1) is 12.5. The van der Waals surface area contributed by atoms with Crippen LogP contribution in [0.5, 0.6) is 0 Å². The van der Waals surface area contributed by atoms with Crippen molar-refractivity contribution in [1.29, 1.82) is 0 Å². The standard InChI is InChI=1S/C9H14ClN5O/c1-12-6(16)3-4-15(2)9-7(11)8(10)13-5-14-9/h5H,3-4,11H2,1-2H3,(H,12,16). The lowest BCUT2D eigenvalue weighted by Gasteiger charge is -2.19. The average Bonchev–Trinajstić information content (AvgIpc) is 2.29. The summed E-state index contributed by atoms with van der Waals surface area (Å²) in [6.45, 7) is 0.511. The summed E-state index contributed by atoms with van der Waals surface area (Å²) in [6.07, 6.45) is 1.71. The predicted octanol–water partition coefficient (Wildman–Crippen LogP) is 0.285. The molecule has 7 heteroatoms. The van der Waals surface area contributed by atoms with Crippen molar-refractivity contribution in [3.63, 3.8) is 0 Å². The number of nitrogens with two attached hydrogens (primary N) is 1. The molecule has 6 nitrogen and oxygen atoms in total. The number of nitrogens with zero attached hydrogens (tertiary/aromatic N) is 3. The molecule has 0 bridgehead atoms. The van der Waals surface area contributed by atoms with Gasteiger partial charge in [-0.1, -0.05) is 11.6 Å². The molecule has 3 N–H and O–H groups in total. The molecular formula is C9H14ClN5O. The van der Waals surface area contributed by atoms with E-state index in [9.17, 15) is 4.79 Å². The summed E-state index contributed by atoms with van der Waals surface area (Å²) in [7, 11) is 3.39. The zero-order valence-corrected chi connectivity index (χ0v) is 9.95. The van der Waals surface area contributed by atoms with Gasteiger partial charge in [-0.15, -0.1) is 0 Å². The lowest BCUT2D eigenvalue weighted by Crippen LogP contribution is -2.27. The number of carbonyl (C=O) groups excluding carboxylic acids is 1. The van der Waals surface area contributed by atoms with Crippen LogP contribution < -0.4 is 16.0 Å². The number of nitrogens with one attached hydrogen (secondary N) is 1. The fourth-order valence-corrected chi connectivity index (χ4v) is 1.30. The summed E-state index contributed by atoms with van der Waals surface area (Å²) in [5.41, 5.74) is 6.05. The van der Waals surface area contributed by atoms with Gasteiger partial charge in [0.2, 0.25) is 5.91 Å². The van der Waals surface area contributed by atoms with Gasteiger partial charge in [-0.3, -0.25) is 4.79 Å². The van der Waals surface area contributed by atoms with Crippen molar-refractivity contribution in [2.24, 2.45) is 0 Å². The molecule has 0 saturated heterocycles. The number of hydrogen-bond acceptors (Lipinski definition) is 5. The molecule has 88 valence electrons. The van der Waals surface area contributed by atoms with E-state index in [4.69, 9.17) is 17.3 Å².